The van der Waals surface area contributed by atoms with Crippen molar-refractivity contribution in [3.8, 4) is 0 Å². The number of aromatic nitrogens is 1. The zero-order chi connectivity index (χ0) is 13.1. The van der Waals surface area contributed by atoms with Crippen LogP contribution in [0.2, 0.25) is 0 Å². The number of aliphatic hydroxyl groups excluding tert-OH is 1. The van der Waals surface area contributed by atoms with Crippen LogP contribution in [0.5, 0.6) is 0 Å². The maximum atomic E-state index is 9.01. The molecule has 0 bridgehead atoms. The molecule has 1 N–H and O–H groups in total. The Kier molecular flexibility index (Phi) is 4.07. The zero-order valence-electron chi connectivity index (χ0n) is 11.7. The fourth-order valence-corrected chi connectivity index (χ4v) is 2.80. The van der Waals surface area contributed by atoms with Crippen molar-refractivity contribution in [1.82, 2.24) is 4.57 Å². The number of rotatable bonds is 5. The van der Waals surface area contributed by atoms with Gasteiger partial charge in [0, 0.05) is 30.3 Å². The van der Waals surface area contributed by atoms with Crippen LogP contribution in [0.3, 0.4) is 0 Å². The molecule has 0 aliphatic rings. The Morgan fingerprint density at radius 1 is 1.22 bits per heavy atom. The molecule has 0 atom stereocenters. The van der Waals surface area contributed by atoms with E-state index in [9.17, 15) is 0 Å². The van der Waals surface area contributed by atoms with Crippen molar-refractivity contribution in [1.29, 1.82) is 0 Å². The van der Waals surface area contributed by atoms with Crippen LogP contribution in [0.4, 0.5) is 0 Å². The SMILES string of the molecule is CCCc1cn(CCCO)c2cc(C)cc(C)c12. The first-order valence-corrected chi connectivity index (χ1v) is 6.87. The van der Waals surface area contributed by atoms with E-state index in [0.717, 1.165) is 19.4 Å². The van der Waals surface area contributed by atoms with Gasteiger partial charge in [-0.1, -0.05) is 19.4 Å². The smallest absolute Gasteiger partial charge is 0.0488 e. The summed E-state index contributed by atoms with van der Waals surface area (Å²) in [5.74, 6) is 0. The van der Waals surface area contributed by atoms with Crippen molar-refractivity contribution in [2.45, 2.75) is 46.6 Å². The van der Waals surface area contributed by atoms with Crippen molar-refractivity contribution in [2.24, 2.45) is 0 Å². The zero-order valence-corrected chi connectivity index (χ0v) is 11.7. The predicted octanol–water partition coefficient (Wildman–Crippen LogP) is 3.59. The molecule has 18 heavy (non-hydrogen) atoms. The third-order valence-electron chi connectivity index (χ3n) is 3.48. The summed E-state index contributed by atoms with van der Waals surface area (Å²) in [7, 11) is 0. The Balaban J connectivity index is 2.56. The molecule has 0 spiro atoms. The molecular formula is C16H23NO. The minimum Gasteiger partial charge on any atom is -0.396 e. The van der Waals surface area contributed by atoms with E-state index >= 15 is 0 Å². The number of fused-ring (bicyclic) bond motifs is 1. The molecule has 0 aliphatic carbocycles. The van der Waals surface area contributed by atoms with Gasteiger partial charge in [0.05, 0.1) is 0 Å². The molecule has 98 valence electrons. The summed E-state index contributed by atoms with van der Waals surface area (Å²) in [5.41, 5.74) is 5.45. The molecule has 1 heterocycles. The van der Waals surface area contributed by atoms with Gasteiger partial charge < -0.3 is 9.67 Å². The van der Waals surface area contributed by atoms with Gasteiger partial charge in [-0.3, -0.25) is 0 Å². The first-order valence-electron chi connectivity index (χ1n) is 6.87. The molecule has 0 amide bonds. The third kappa shape index (κ3) is 2.44. The second kappa shape index (κ2) is 5.57. The van der Waals surface area contributed by atoms with Crippen LogP contribution in [-0.4, -0.2) is 16.3 Å². The van der Waals surface area contributed by atoms with Gasteiger partial charge in [0.2, 0.25) is 0 Å². The van der Waals surface area contributed by atoms with Crippen LogP contribution in [0.25, 0.3) is 10.9 Å². The fourth-order valence-electron chi connectivity index (χ4n) is 2.80. The molecule has 1 aromatic heterocycles. The second-order valence-corrected chi connectivity index (χ2v) is 5.15. The standard InChI is InChI=1S/C16H23NO/c1-4-6-14-11-17(7-5-8-18)15-10-12(2)9-13(3)16(14)15/h9-11,18H,4-8H2,1-3H3. The van der Waals surface area contributed by atoms with Crippen molar-refractivity contribution >= 4 is 10.9 Å². The number of benzene rings is 1. The van der Waals surface area contributed by atoms with Crippen molar-refractivity contribution in [3.63, 3.8) is 0 Å². The summed E-state index contributed by atoms with van der Waals surface area (Å²) in [4.78, 5) is 0. The van der Waals surface area contributed by atoms with Gasteiger partial charge in [-0.25, -0.2) is 0 Å². The average Bonchev–Trinajstić information content (AvgIpc) is 2.65. The maximum Gasteiger partial charge on any atom is 0.0488 e. The molecule has 0 fully saturated rings. The highest BCUT2D eigenvalue weighted by atomic mass is 16.3. The van der Waals surface area contributed by atoms with Gasteiger partial charge in [0.25, 0.3) is 0 Å². The fraction of sp³-hybridized carbons (Fsp3) is 0.500. The Morgan fingerprint density at radius 3 is 2.67 bits per heavy atom. The lowest BCUT2D eigenvalue weighted by molar-refractivity contribution is 0.280. The first kappa shape index (κ1) is 13.2. The maximum absolute atomic E-state index is 9.01. The van der Waals surface area contributed by atoms with Crippen LogP contribution in [-0.2, 0) is 13.0 Å². The van der Waals surface area contributed by atoms with E-state index in [-0.39, 0.29) is 6.61 Å². The molecule has 2 rings (SSSR count). The Morgan fingerprint density at radius 2 is 2.00 bits per heavy atom. The Labute approximate surface area is 109 Å². The first-order chi connectivity index (χ1) is 8.67. The lowest BCUT2D eigenvalue weighted by Gasteiger charge is -2.06. The second-order valence-electron chi connectivity index (χ2n) is 5.15. The number of aryl methyl sites for hydroxylation is 4. The van der Waals surface area contributed by atoms with Crippen LogP contribution in [0.15, 0.2) is 18.3 Å². The van der Waals surface area contributed by atoms with E-state index < -0.39 is 0 Å². The molecule has 0 radical (unpaired) electrons. The van der Waals surface area contributed by atoms with Crippen molar-refractivity contribution in [2.75, 3.05) is 6.61 Å². The lowest BCUT2D eigenvalue weighted by Crippen LogP contribution is -1.98. The summed E-state index contributed by atoms with van der Waals surface area (Å²) in [6.07, 6.45) is 5.40. The van der Waals surface area contributed by atoms with E-state index in [1.807, 2.05) is 0 Å². The molecule has 0 saturated carbocycles. The predicted molar refractivity (Wildman–Crippen MR) is 77.1 cm³/mol. The summed E-state index contributed by atoms with van der Waals surface area (Å²) < 4.78 is 2.30. The van der Waals surface area contributed by atoms with Gasteiger partial charge in [-0.15, -0.1) is 0 Å². The van der Waals surface area contributed by atoms with Crippen LogP contribution < -0.4 is 0 Å². The lowest BCUT2D eigenvalue weighted by atomic mass is 10.0. The molecule has 2 aromatic rings. The van der Waals surface area contributed by atoms with Gasteiger partial charge in [-0.2, -0.15) is 0 Å². The third-order valence-corrected chi connectivity index (χ3v) is 3.48. The Hall–Kier alpha value is -1.28. The number of nitrogens with zero attached hydrogens (tertiary/aromatic N) is 1. The average molecular weight is 245 g/mol. The highest BCUT2D eigenvalue weighted by molar-refractivity contribution is 5.88. The quantitative estimate of drug-likeness (QED) is 0.855. The summed E-state index contributed by atoms with van der Waals surface area (Å²) in [6.45, 7) is 7.73. The molecule has 1 aromatic carbocycles. The molecule has 2 nitrogen and oxygen atoms in total. The van der Waals surface area contributed by atoms with Crippen LogP contribution in [0, 0.1) is 13.8 Å². The van der Waals surface area contributed by atoms with Gasteiger partial charge >= 0.3 is 0 Å². The highest BCUT2D eigenvalue weighted by Crippen LogP contribution is 2.27. The molecular weight excluding hydrogens is 222 g/mol. The number of hydrogen-bond acceptors (Lipinski definition) is 1. The molecule has 0 saturated heterocycles. The number of hydrogen-bond donors (Lipinski definition) is 1. The molecule has 2 heteroatoms. The van der Waals surface area contributed by atoms with Gasteiger partial charge in [0.15, 0.2) is 0 Å². The van der Waals surface area contributed by atoms with Crippen LogP contribution >= 0.6 is 0 Å². The largest absolute Gasteiger partial charge is 0.396 e. The Bertz CT molecular complexity index is 540. The summed E-state index contributed by atoms with van der Waals surface area (Å²) in [6, 6.07) is 4.52. The van der Waals surface area contributed by atoms with E-state index in [2.05, 4.69) is 43.7 Å². The van der Waals surface area contributed by atoms with E-state index in [4.69, 9.17) is 5.11 Å². The van der Waals surface area contributed by atoms with Gasteiger partial charge in [0.1, 0.15) is 0 Å². The summed E-state index contributed by atoms with van der Waals surface area (Å²) >= 11 is 0. The van der Waals surface area contributed by atoms with Gasteiger partial charge in [-0.05, 0) is 49.4 Å². The van der Waals surface area contributed by atoms with Crippen LogP contribution in [0.1, 0.15) is 36.5 Å². The monoisotopic (exact) mass is 245 g/mol. The highest BCUT2D eigenvalue weighted by Gasteiger charge is 2.10. The van der Waals surface area contributed by atoms with E-state index in [1.54, 1.807) is 0 Å². The van der Waals surface area contributed by atoms with Crippen molar-refractivity contribution in [3.05, 3.63) is 35.0 Å². The molecule has 0 unspecified atom stereocenters. The van der Waals surface area contributed by atoms with Crippen molar-refractivity contribution < 1.29 is 5.11 Å². The summed E-state index contributed by atoms with van der Waals surface area (Å²) in [5, 5.41) is 10.4. The van der Waals surface area contributed by atoms with E-state index in [0.29, 0.717) is 0 Å². The minimum atomic E-state index is 0.258. The number of aliphatic hydroxyl groups is 1. The molecule has 0 aliphatic heterocycles. The minimum absolute atomic E-state index is 0.258. The normalized spacial score (nSPS) is 11.3. The topological polar surface area (TPSA) is 25.2 Å². The van der Waals surface area contributed by atoms with E-state index in [1.165, 1.54) is 34.0 Å².